The third-order valence-electron chi connectivity index (χ3n) is 4.85. The molecule has 8 heteroatoms. The van der Waals surface area contributed by atoms with E-state index < -0.39 is 14.6 Å². The van der Waals surface area contributed by atoms with Gasteiger partial charge >= 0.3 is 0 Å². The van der Waals surface area contributed by atoms with Gasteiger partial charge in [0, 0.05) is 31.4 Å². The average Bonchev–Trinajstić information content (AvgIpc) is 2.48. The van der Waals surface area contributed by atoms with Gasteiger partial charge in [-0.15, -0.1) is 24.0 Å². The minimum absolute atomic E-state index is 0. The third-order valence-corrected chi connectivity index (χ3v) is 8.97. The molecule has 23 heavy (non-hydrogen) atoms. The largest absolute Gasteiger partial charge is 0.355 e. The Morgan fingerprint density at radius 2 is 1.91 bits per heavy atom. The minimum atomic E-state index is -3.02. The van der Waals surface area contributed by atoms with E-state index in [0.29, 0.717) is 13.1 Å². The van der Waals surface area contributed by atoms with Crippen molar-refractivity contribution in [2.45, 2.75) is 50.0 Å². The maximum Gasteiger partial charge on any atom is 0.193 e. The van der Waals surface area contributed by atoms with E-state index in [4.69, 9.17) is 0 Å². The molecule has 138 valence electrons. The lowest BCUT2D eigenvalue weighted by Gasteiger charge is -2.40. The molecule has 1 heterocycles. The molecule has 0 bridgehead atoms. The number of sulfone groups is 1. The molecular weight excluding hydrogens is 445 g/mol. The summed E-state index contributed by atoms with van der Waals surface area (Å²) in [5.74, 6) is 0.999. The summed E-state index contributed by atoms with van der Waals surface area (Å²) < 4.78 is 23.7. The first-order valence-corrected chi connectivity index (χ1v) is 10.8. The summed E-state index contributed by atoms with van der Waals surface area (Å²) in [7, 11) is -1.26. The van der Waals surface area contributed by atoms with E-state index in [0.717, 1.165) is 25.3 Å². The van der Waals surface area contributed by atoms with Gasteiger partial charge in [-0.25, -0.2) is 8.42 Å². The van der Waals surface area contributed by atoms with Gasteiger partial charge in [-0.3, -0.25) is 4.99 Å². The topological polar surface area (TPSA) is 61.8 Å². The summed E-state index contributed by atoms with van der Waals surface area (Å²) in [4.78, 5) is 6.43. The monoisotopic (exact) mass is 477 g/mol. The van der Waals surface area contributed by atoms with Crippen molar-refractivity contribution in [3.8, 4) is 0 Å². The normalized spacial score (nSPS) is 20.8. The van der Waals surface area contributed by atoms with Gasteiger partial charge in [0.25, 0.3) is 0 Å². The highest BCUT2D eigenvalue weighted by Gasteiger charge is 2.41. The number of rotatable bonds is 5. The van der Waals surface area contributed by atoms with Crippen LogP contribution in [0.15, 0.2) is 4.99 Å². The van der Waals surface area contributed by atoms with E-state index >= 15 is 0 Å². The van der Waals surface area contributed by atoms with Crippen molar-refractivity contribution in [3.63, 3.8) is 0 Å². The molecule has 1 rings (SSSR count). The second kappa shape index (κ2) is 9.12. The zero-order chi connectivity index (χ0) is 17.0. The fraction of sp³-hybridized carbons (Fsp3) is 0.933. The first kappa shape index (κ1) is 23.3. The molecule has 0 atom stereocenters. The highest BCUT2D eigenvalue weighted by Crippen LogP contribution is 2.30. The van der Waals surface area contributed by atoms with Crippen LogP contribution in [0, 0.1) is 0 Å². The summed E-state index contributed by atoms with van der Waals surface area (Å²) in [6.45, 7) is 9.85. The Morgan fingerprint density at radius 3 is 2.30 bits per heavy atom. The molecule has 1 N–H and O–H groups in total. The van der Waals surface area contributed by atoms with Crippen LogP contribution in [0.1, 0.15) is 40.5 Å². The van der Waals surface area contributed by atoms with Gasteiger partial charge in [0.2, 0.25) is 0 Å². The van der Waals surface area contributed by atoms with Crippen molar-refractivity contribution in [1.82, 2.24) is 10.2 Å². The zero-order valence-electron chi connectivity index (χ0n) is 15.2. The van der Waals surface area contributed by atoms with Gasteiger partial charge in [-0.1, -0.05) is 13.8 Å². The molecule has 0 aromatic rings. The number of halogens is 1. The first-order chi connectivity index (χ1) is 10.2. The van der Waals surface area contributed by atoms with Gasteiger partial charge in [-0.05, 0) is 32.9 Å². The Hall–Kier alpha value is 0.300. The van der Waals surface area contributed by atoms with Gasteiger partial charge in [0.15, 0.2) is 15.8 Å². The fourth-order valence-corrected chi connectivity index (χ4v) is 4.92. The number of thioether (sulfide) groups is 1. The average molecular weight is 477 g/mol. The predicted octanol–water partition coefficient (Wildman–Crippen LogP) is 2.61. The molecule has 1 fully saturated rings. The molecule has 0 radical (unpaired) electrons. The van der Waals surface area contributed by atoms with Crippen molar-refractivity contribution >= 4 is 51.5 Å². The van der Waals surface area contributed by atoms with Crippen LogP contribution >= 0.6 is 35.7 Å². The maximum absolute atomic E-state index is 12.1. The summed E-state index contributed by atoms with van der Waals surface area (Å²) in [6.07, 6.45) is 4.33. The van der Waals surface area contributed by atoms with Crippen LogP contribution in [0.3, 0.4) is 0 Å². The number of aliphatic imine (C=N–C) groups is 1. The molecule has 5 nitrogen and oxygen atoms in total. The van der Waals surface area contributed by atoms with Crippen LogP contribution in [0.4, 0.5) is 0 Å². The van der Waals surface area contributed by atoms with Crippen molar-refractivity contribution in [3.05, 3.63) is 0 Å². The molecule has 0 aromatic carbocycles. The van der Waals surface area contributed by atoms with E-state index in [1.54, 1.807) is 20.9 Å². The summed E-state index contributed by atoms with van der Waals surface area (Å²) in [5.41, 5.74) is 0. The Balaban J connectivity index is 0.00000484. The lowest BCUT2D eigenvalue weighted by Crippen LogP contribution is -2.58. The SMILES string of the molecule is CCC(CC)(CNC(=NC)N1CCS(=O)(=O)C(C)(C)C1)SC.I. The van der Waals surface area contributed by atoms with E-state index in [2.05, 4.69) is 35.3 Å². The molecule has 0 aromatic heterocycles. The zero-order valence-corrected chi connectivity index (χ0v) is 19.1. The van der Waals surface area contributed by atoms with Crippen molar-refractivity contribution in [1.29, 1.82) is 0 Å². The Morgan fingerprint density at radius 1 is 1.35 bits per heavy atom. The van der Waals surface area contributed by atoms with Crippen molar-refractivity contribution in [2.24, 2.45) is 4.99 Å². The summed E-state index contributed by atoms with van der Waals surface area (Å²) in [6, 6.07) is 0. The van der Waals surface area contributed by atoms with Crippen LogP contribution in [-0.2, 0) is 9.84 Å². The molecule has 0 unspecified atom stereocenters. The van der Waals surface area contributed by atoms with Gasteiger partial charge in [0.1, 0.15) is 0 Å². The molecule has 0 amide bonds. The number of hydrogen-bond donors (Lipinski definition) is 1. The maximum atomic E-state index is 12.1. The Bertz CT molecular complexity index is 495. The standard InChI is InChI=1S/C15H31N3O2S2.HI/c1-7-15(8-2,21-6)11-17-13(16-5)18-9-10-22(19,20)14(3,4)12-18;/h7-12H2,1-6H3,(H,16,17);1H. The molecule has 0 aliphatic carbocycles. The highest BCUT2D eigenvalue weighted by atomic mass is 127. The molecule has 1 aliphatic heterocycles. The molecule has 1 saturated heterocycles. The van der Waals surface area contributed by atoms with E-state index in [-0.39, 0.29) is 34.5 Å². The lowest BCUT2D eigenvalue weighted by atomic mass is 10.0. The van der Waals surface area contributed by atoms with Crippen molar-refractivity contribution in [2.75, 3.05) is 38.7 Å². The van der Waals surface area contributed by atoms with Crippen LogP contribution < -0.4 is 5.32 Å². The molecule has 1 aliphatic rings. The lowest BCUT2D eigenvalue weighted by molar-refractivity contribution is 0.350. The number of guanidine groups is 1. The van der Waals surface area contributed by atoms with E-state index in [1.807, 2.05) is 11.8 Å². The quantitative estimate of drug-likeness (QED) is 0.375. The third kappa shape index (κ3) is 5.39. The second-order valence-electron chi connectivity index (χ2n) is 6.50. The van der Waals surface area contributed by atoms with Gasteiger partial charge in [0.05, 0.1) is 10.5 Å². The highest BCUT2D eigenvalue weighted by molar-refractivity contribution is 14.0. The number of hydrogen-bond acceptors (Lipinski definition) is 4. The second-order valence-corrected chi connectivity index (χ2v) is 10.5. The summed E-state index contributed by atoms with van der Waals surface area (Å²) in [5, 5.41) is 3.46. The molecule has 0 spiro atoms. The predicted molar refractivity (Wildman–Crippen MR) is 113 cm³/mol. The molecular formula is C15H32IN3O2S2. The Kier molecular flexibility index (Phi) is 9.24. The summed E-state index contributed by atoms with van der Waals surface area (Å²) >= 11 is 1.88. The van der Waals surface area contributed by atoms with Crippen LogP contribution in [0.5, 0.6) is 0 Å². The van der Waals surface area contributed by atoms with Gasteiger partial charge < -0.3 is 10.2 Å². The number of nitrogens with zero attached hydrogens (tertiary/aromatic N) is 2. The van der Waals surface area contributed by atoms with Crippen molar-refractivity contribution < 1.29 is 8.42 Å². The van der Waals surface area contributed by atoms with Crippen LogP contribution in [-0.4, -0.2) is 67.5 Å². The number of nitrogens with one attached hydrogen (secondary N) is 1. The van der Waals surface area contributed by atoms with Crippen LogP contribution in [0.2, 0.25) is 0 Å². The van der Waals surface area contributed by atoms with E-state index in [1.165, 1.54) is 0 Å². The Labute approximate surface area is 163 Å². The fourth-order valence-electron chi connectivity index (χ4n) is 2.76. The molecule has 0 saturated carbocycles. The van der Waals surface area contributed by atoms with E-state index in [9.17, 15) is 8.42 Å². The first-order valence-electron chi connectivity index (χ1n) is 7.90. The smallest absolute Gasteiger partial charge is 0.193 e. The van der Waals surface area contributed by atoms with Crippen LogP contribution in [0.25, 0.3) is 0 Å². The van der Waals surface area contributed by atoms with Gasteiger partial charge in [-0.2, -0.15) is 11.8 Å². The minimum Gasteiger partial charge on any atom is -0.355 e.